The largest absolute Gasteiger partial charge is 0.480 e. The first-order valence-corrected chi connectivity index (χ1v) is 51.8. The van der Waals surface area contributed by atoms with E-state index in [1.54, 1.807) is 6.92 Å². The van der Waals surface area contributed by atoms with E-state index < -0.39 is 16.0 Å². The highest BCUT2D eigenvalue weighted by Crippen LogP contribution is 2.25. The van der Waals surface area contributed by atoms with E-state index in [0.717, 1.165) is 233 Å². The van der Waals surface area contributed by atoms with E-state index in [-0.39, 0.29) is 30.2 Å². The van der Waals surface area contributed by atoms with Crippen molar-refractivity contribution in [2.45, 2.75) is 165 Å². The van der Waals surface area contributed by atoms with E-state index in [2.05, 4.69) is 257 Å². The van der Waals surface area contributed by atoms with Gasteiger partial charge in [-0.05, 0) is 98.9 Å². The van der Waals surface area contributed by atoms with Crippen molar-refractivity contribution in [3.05, 3.63) is 144 Å². The van der Waals surface area contributed by atoms with Crippen LogP contribution in [0.25, 0.3) is 0 Å². The number of ether oxygens (including phenoxy) is 1. The summed E-state index contributed by atoms with van der Waals surface area (Å²) in [6, 6.07) is 0. The van der Waals surface area contributed by atoms with Crippen LogP contribution in [0.1, 0.15) is 210 Å². The minimum atomic E-state index is -3.08. The monoisotopic (exact) mass is 1980 g/mol. The fourth-order valence-electron chi connectivity index (χ4n) is 15.4. The quantitative estimate of drug-likeness (QED) is 0.0480. The molecule has 5 N–H and O–H groups in total. The lowest BCUT2D eigenvalue weighted by molar-refractivity contribution is -0.142. The molecule has 8 aliphatic rings. The molecule has 8 fully saturated rings. The average molecular weight is 1990 g/mol. The maximum Gasteiger partial charge on any atom is 0.319 e. The van der Waals surface area contributed by atoms with Gasteiger partial charge in [-0.1, -0.05) is 111 Å². The third kappa shape index (κ3) is 37.8. The zero-order valence-electron chi connectivity index (χ0n) is 87.5. The molecule has 0 atom stereocenters. The van der Waals surface area contributed by atoms with Gasteiger partial charge in [0.15, 0.2) is 0 Å². The number of primary amides is 1. The van der Waals surface area contributed by atoms with Gasteiger partial charge in [0.2, 0.25) is 75.3 Å². The minimum Gasteiger partial charge on any atom is -0.480 e. The third-order valence-corrected chi connectivity index (χ3v) is 26.7. The standard InChI is InChI=1S/C14H22N4O2.C13H21N5O.C13H20N4O2.C13H20N4O.C12H20N4O2S.C12H20N4.C11H16N4O.C11H18N4/c1-11(2)12-8-15-14(16-9-12)18-6-4-17(5-7-18)10-13(19)20-3;1-10(2)11-7-15-13(16-8-11)18-5-3-17(4-6-18)9-12(14)19;1-10(2)11-7-14-13(15-8-11)17-5-3-16(4-6-17)9-12(18)19;1-10(2)12-8-14-13(15-9-12)17-6-4-16(5-7-17)11(3)18;1-10(2)11-8-13-12(14-9-11)15-4-6-16(7-5-15)19(3,17)18;1-10(2)11-8-13-12(14-9-11)16-6-4-15(3)5-7-16;1-8(2)9-5-13-11(14-6-9)15-4-3-12-10(16)7-15;1-9(2)10-7-13-11(14-8-10)15-5-3-12-4-6-15/h8-9,11H,4-7,10H2,1-3H3;7-8,10H,3-6,9H2,1-2H3,(H2,14,19);7-8,10H,3-6,9H2,1-2H3,(H,18,19);8-10H,4-7H2,1-3H3;8-10H,4-7H2,1-3H3;8-10H,4-7H2,1-3H3;5-6,8H,3-4,7H2,1-2H3,(H,12,16);7-9,12H,3-6H2,1-2H3. The van der Waals surface area contributed by atoms with Crippen LogP contribution < -0.4 is 55.6 Å². The first-order chi connectivity index (χ1) is 67.8. The molecule has 0 aliphatic carbocycles. The van der Waals surface area contributed by atoms with Crippen molar-refractivity contribution in [2.75, 3.05) is 282 Å². The number of piperazine rings is 8. The Morgan fingerprint density at radius 1 is 0.338 bits per heavy atom. The lowest BCUT2D eigenvalue weighted by atomic mass is 10.1. The molecule has 0 aromatic carbocycles. The molecule has 3 amide bonds. The Morgan fingerprint density at radius 3 is 0.796 bits per heavy atom. The van der Waals surface area contributed by atoms with Gasteiger partial charge < -0.3 is 75.2 Å². The number of esters is 1. The summed E-state index contributed by atoms with van der Waals surface area (Å²) in [5, 5.41) is 14.8. The molecule has 8 saturated heterocycles. The Labute approximate surface area is 840 Å². The van der Waals surface area contributed by atoms with Crippen molar-refractivity contribution in [1.82, 2.24) is 119 Å². The summed E-state index contributed by atoms with van der Waals surface area (Å²) < 4.78 is 29.0. The number of carboxylic acid groups (broad SMARTS) is 1. The molecule has 8 aromatic heterocycles. The Kier molecular flexibility index (Phi) is 46.0. The number of aliphatic carboxylic acids is 1. The number of sulfonamides is 1. The first-order valence-electron chi connectivity index (χ1n) is 49.9. The van der Waals surface area contributed by atoms with Crippen LogP contribution in [0.15, 0.2) is 99.1 Å². The highest BCUT2D eigenvalue weighted by Gasteiger charge is 2.29. The van der Waals surface area contributed by atoms with E-state index in [9.17, 15) is 32.4 Å². The summed E-state index contributed by atoms with van der Waals surface area (Å²) in [5.41, 5.74) is 14.4. The van der Waals surface area contributed by atoms with Gasteiger partial charge in [0.1, 0.15) is 0 Å². The maximum atomic E-state index is 11.4. The van der Waals surface area contributed by atoms with Crippen LogP contribution in [0.2, 0.25) is 0 Å². The number of hydrogen-bond donors (Lipinski definition) is 4. The topological polar surface area (TPSA) is 451 Å². The normalized spacial score (nSPS) is 17.0. The number of hydrogen-bond acceptors (Lipinski definition) is 37. The molecule has 8 aliphatic heterocycles. The van der Waals surface area contributed by atoms with E-state index in [0.29, 0.717) is 112 Å². The van der Waals surface area contributed by atoms with E-state index in [1.165, 1.54) is 28.8 Å². The van der Waals surface area contributed by atoms with Crippen molar-refractivity contribution < 1.29 is 42.2 Å². The number of amides is 3. The molecule has 0 radical (unpaired) electrons. The summed E-state index contributed by atoms with van der Waals surface area (Å²) in [7, 11) is 0.489. The smallest absolute Gasteiger partial charge is 0.319 e. The Bertz CT molecular complexity index is 5060. The van der Waals surface area contributed by atoms with Crippen molar-refractivity contribution >= 4 is 87.3 Å². The molecule has 0 unspecified atom stereocenters. The first kappa shape index (κ1) is 114. The number of carbonyl (C=O) groups is 5. The summed E-state index contributed by atoms with van der Waals surface area (Å²) in [6.07, 6.45) is 31.5. The molecular formula is C99H157N33O9S. The van der Waals surface area contributed by atoms with E-state index in [1.807, 2.05) is 119 Å². The van der Waals surface area contributed by atoms with Gasteiger partial charge >= 0.3 is 11.9 Å². The second kappa shape index (κ2) is 57.4. The minimum absolute atomic E-state index is 0.0304. The Hall–Kier alpha value is -11.9. The molecule has 42 nitrogen and oxygen atoms in total. The summed E-state index contributed by atoms with van der Waals surface area (Å²) in [6.45, 7) is 61.5. The van der Waals surface area contributed by atoms with Crippen molar-refractivity contribution in [2.24, 2.45) is 5.73 Å². The van der Waals surface area contributed by atoms with Crippen LogP contribution in [0.3, 0.4) is 0 Å². The van der Waals surface area contributed by atoms with Gasteiger partial charge in [0.25, 0.3) is 0 Å². The lowest BCUT2D eigenvalue weighted by Crippen LogP contribution is -2.49. The number of methoxy groups -OCH3 is 1. The zero-order valence-corrected chi connectivity index (χ0v) is 88.3. The van der Waals surface area contributed by atoms with Crippen LogP contribution >= 0.6 is 0 Å². The number of nitrogens with two attached hydrogens (primary N) is 1. The predicted octanol–water partition coefficient (Wildman–Crippen LogP) is 6.76. The highest BCUT2D eigenvalue weighted by molar-refractivity contribution is 7.88. The van der Waals surface area contributed by atoms with Gasteiger partial charge in [0.05, 0.1) is 39.5 Å². The van der Waals surface area contributed by atoms with E-state index in [4.69, 9.17) is 10.8 Å². The third-order valence-electron chi connectivity index (χ3n) is 25.4. The molecule has 0 spiro atoms. The Balaban J connectivity index is 0.000000181. The fraction of sp³-hybridized carbons (Fsp3) is 0.626. The highest BCUT2D eigenvalue weighted by atomic mass is 32.2. The number of nitrogens with one attached hydrogen (secondary N) is 2. The molecule has 0 saturated carbocycles. The number of rotatable bonds is 23. The van der Waals surface area contributed by atoms with Gasteiger partial charge in [0, 0.05) is 302 Å². The molecule has 0 bridgehead atoms. The molecule has 142 heavy (non-hydrogen) atoms. The SMILES string of the molecule is CC(=O)N1CCN(c2ncc(C(C)C)cn2)CC1.CC(C)c1cnc(N2CCN(C)CC2)nc1.CC(C)c1cnc(N2CCN(CC(=O)O)CC2)nc1.CC(C)c1cnc(N2CCN(CC(N)=O)CC2)nc1.CC(C)c1cnc(N2CCN(S(C)(=O)=O)CC2)nc1.CC(C)c1cnc(N2CCNC(=O)C2)nc1.CC(C)c1cnc(N2CCNCC2)nc1.COC(=O)CN1CCN(c2ncc(C(C)C)cn2)CC1. The number of carboxylic acids is 1. The predicted molar refractivity (Wildman–Crippen MR) is 557 cm³/mol. The zero-order chi connectivity index (χ0) is 103. The van der Waals surface area contributed by atoms with Crippen molar-refractivity contribution in [3.8, 4) is 0 Å². The van der Waals surface area contributed by atoms with Crippen molar-refractivity contribution in [1.29, 1.82) is 0 Å². The molecular weight excluding hydrogens is 1830 g/mol. The number of anilines is 8. The van der Waals surface area contributed by atoms with Crippen LogP contribution in [0.5, 0.6) is 0 Å². The second-order valence-electron chi connectivity index (χ2n) is 38.9. The van der Waals surface area contributed by atoms with E-state index >= 15 is 0 Å². The number of nitrogens with zero attached hydrogens (tertiary/aromatic N) is 30. The average Bonchev–Trinajstić information content (AvgIpc) is 0.841. The summed E-state index contributed by atoms with van der Waals surface area (Å²) >= 11 is 0. The van der Waals surface area contributed by atoms with Gasteiger partial charge in [-0.25, -0.2) is 88.2 Å². The summed E-state index contributed by atoms with van der Waals surface area (Å²) in [5.74, 6) is 8.66. The molecule has 8 aromatic rings. The molecule has 16 heterocycles. The van der Waals surface area contributed by atoms with Gasteiger partial charge in [-0.15, -0.1) is 0 Å². The number of aromatic nitrogens is 16. The van der Waals surface area contributed by atoms with Gasteiger partial charge in [-0.3, -0.25) is 38.7 Å². The van der Waals surface area contributed by atoms with Crippen LogP contribution in [-0.2, 0) is 38.7 Å². The van der Waals surface area contributed by atoms with Crippen LogP contribution in [-0.4, -0.2) is 395 Å². The lowest BCUT2D eigenvalue weighted by Gasteiger charge is -2.34. The van der Waals surface area contributed by atoms with Crippen molar-refractivity contribution in [3.63, 3.8) is 0 Å². The Morgan fingerprint density at radius 2 is 0.563 bits per heavy atom. The molecule has 43 heteroatoms. The number of likely N-dealkylation sites (N-methyl/N-ethyl adjacent to an activating group) is 1. The molecule has 778 valence electrons. The molecule has 16 rings (SSSR count). The van der Waals surface area contributed by atoms with Crippen LogP contribution in [0, 0.1) is 0 Å². The number of carbonyl (C=O) groups excluding carboxylic acids is 4. The summed E-state index contributed by atoms with van der Waals surface area (Å²) in [4.78, 5) is 153. The second-order valence-corrected chi connectivity index (χ2v) is 40.9. The fourth-order valence-corrected chi connectivity index (χ4v) is 16.3. The maximum absolute atomic E-state index is 11.4. The van der Waals surface area contributed by atoms with Gasteiger partial charge in [-0.2, -0.15) is 4.31 Å². The van der Waals surface area contributed by atoms with Crippen LogP contribution in [0.4, 0.5) is 47.6 Å².